The van der Waals surface area contributed by atoms with Crippen LogP contribution in [0, 0.1) is 17.9 Å². The van der Waals surface area contributed by atoms with Crippen molar-refractivity contribution in [1.29, 1.82) is 5.26 Å². The molecule has 0 unspecified atom stereocenters. The summed E-state index contributed by atoms with van der Waals surface area (Å²) in [6.45, 7) is 9.58. The summed E-state index contributed by atoms with van der Waals surface area (Å²) in [4.78, 5) is 31.9. The van der Waals surface area contributed by atoms with Gasteiger partial charge in [-0.3, -0.25) is 4.79 Å². The number of carboxylic acid groups (broad SMARTS) is 2. The number of carbonyl (C=O) groups is 2. The number of nitriles is 1. The van der Waals surface area contributed by atoms with E-state index in [2.05, 4.69) is 126 Å². The average Bonchev–Trinajstić information content (AvgIpc) is 4.08. The van der Waals surface area contributed by atoms with Crippen LogP contribution in [-0.4, -0.2) is 22.2 Å². The molecule has 0 amide bonds. The number of anilines is 3. The third kappa shape index (κ3) is 14.6. The second-order valence-corrected chi connectivity index (χ2v) is 19.5. The Morgan fingerprint density at radius 1 is 0.549 bits per heavy atom. The first-order chi connectivity index (χ1) is 34.7. The highest BCUT2D eigenvalue weighted by Crippen LogP contribution is 2.38. The first-order valence-corrected chi connectivity index (χ1v) is 25.9. The molecular formula is C62H57N3O4S2. The van der Waals surface area contributed by atoms with E-state index < -0.39 is 11.9 Å². The highest BCUT2D eigenvalue weighted by molar-refractivity contribution is 7.14. The first kappa shape index (κ1) is 51.0. The number of aryl methyl sites for hydroxylation is 1. The standard InChI is InChI=1S/C62H57N3O4S2/c1-3-4-5-6-7-8-9-10-11-14-19-45-24-30-51(31-25-45)65(52-32-26-46(27-33-52)40-56(48-20-15-12-16-21-48)59-38-36-54(70-59)42-50(44-63)61(66)67)53-34-28-47(29-35-53)41-57(49-22-17-13-18-23-49)60-39-37-55(71-60)43-58(64-2)62(68)69/h12-13,15-18,20-43H,3-11,14,19H2,1H3,(H,66,67)(H,68,69)/b50-42+,56-40+,57-41+,58-43-. The second-order valence-electron chi connectivity index (χ2n) is 17.3. The Kier molecular flexibility index (Phi) is 18.9. The van der Waals surface area contributed by atoms with Gasteiger partial charge in [-0.2, -0.15) is 5.26 Å². The number of carboxylic acids is 2. The van der Waals surface area contributed by atoms with Gasteiger partial charge < -0.3 is 15.1 Å². The van der Waals surface area contributed by atoms with Gasteiger partial charge in [0.1, 0.15) is 11.6 Å². The number of benzene rings is 5. The number of rotatable bonds is 24. The van der Waals surface area contributed by atoms with E-state index in [0.29, 0.717) is 9.75 Å². The van der Waals surface area contributed by atoms with Crippen LogP contribution >= 0.6 is 22.7 Å². The van der Waals surface area contributed by atoms with Gasteiger partial charge in [0.25, 0.3) is 5.70 Å². The molecule has 7 nitrogen and oxygen atoms in total. The van der Waals surface area contributed by atoms with Crippen LogP contribution in [0.15, 0.2) is 169 Å². The van der Waals surface area contributed by atoms with E-state index in [1.807, 2.05) is 60.7 Å². The van der Waals surface area contributed by atoms with Crippen LogP contribution in [0.3, 0.4) is 0 Å². The van der Waals surface area contributed by atoms with Crippen LogP contribution in [-0.2, 0) is 16.0 Å². The Morgan fingerprint density at radius 2 is 0.986 bits per heavy atom. The molecule has 0 fully saturated rings. The highest BCUT2D eigenvalue weighted by atomic mass is 32.1. The van der Waals surface area contributed by atoms with Crippen molar-refractivity contribution in [2.75, 3.05) is 4.90 Å². The lowest BCUT2D eigenvalue weighted by Gasteiger charge is -2.26. The molecule has 0 aliphatic carbocycles. The summed E-state index contributed by atoms with van der Waals surface area (Å²) in [5.74, 6) is -2.50. The minimum Gasteiger partial charge on any atom is -0.486 e. The summed E-state index contributed by atoms with van der Waals surface area (Å²) in [6, 6.07) is 55.5. The smallest absolute Gasteiger partial charge is 0.346 e. The lowest BCUT2D eigenvalue weighted by atomic mass is 10.0. The zero-order chi connectivity index (χ0) is 49.8. The van der Waals surface area contributed by atoms with Crippen molar-refractivity contribution in [3.05, 3.63) is 228 Å². The molecular weight excluding hydrogens is 915 g/mol. The molecule has 2 heterocycles. The van der Waals surface area contributed by atoms with E-state index in [9.17, 15) is 25.1 Å². The maximum Gasteiger partial charge on any atom is 0.346 e. The van der Waals surface area contributed by atoms with E-state index in [0.717, 1.165) is 66.6 Å². The summed E-state index contributed by atoms with van der Waals surface area (Å²) in [5.41, 5.74) is 9.68. The van der Waals surface area contributed by atoms with E-state index in [1.54, 1.807) is 6.07 Å². The maximum absolute atomic E-state index is 11.6. The van der Waals surface area contributed by atoms with Crippen LogP contribution in [0.25, 0.3) is 40.3 Å². The van der Waals surface area contributed by atoms with E-state index in [-0.39, 0.29) is 11.3 Å². The highest BCUT2D eigenvalue weighted by Gasteiger charge is 2.16. The Morgan fingerprint density at radius 3 is 1.41 bits per heavy atom. The normalized spacial score (nSPS) is 12.0. The van der Waals surface area contributed by atoms with Gasteiger partial charge in [0, 0.05) is 36.6 Å². The Balaban J connectivity index is 1.19. The van der Waals surface area contributed by atoms with Gasteiger partial charge >= 0.3 is 11.9 Å². The Labute approximate surface area is 426 Å². The number of aliphatic carboxylic acids is 2. The van der Waals surface area contributed by atoms with Crippen LogP contribution in [0.4, 0.5) is 17.1 Å². The van der Waals surface area contributed by atoms with Gasteiger partial charge in [-0.1, -0.05) is 162 Å². The summed E-state index contributed by atoms with van der Waals surface area (Å²) in [7, 11) is 0. The van der Waals surface area contributed by atoms with Gasteiger partial charge in [-0.15, -0.1) is 22.7 Å². The van der Waals surface area contributed by atoms with Crippen molar-refractivity contribution >= 4 is 87.1 Å². The molecule has 5 aromatic carbocycles. The number of thiophene rings is 2. The van der Waals surface area contributed by atoms with E-state index in [4.69, 9.17) is 6.57 Å². The number of hydrogen-bond acceptors (Lipinski definition) is 6. The molecule has 0 aliphatic heterocycles. The summed E-state index contributed by atoms with van der Waals surface area (Å²) in [6.07, 6.45) is 21.3. The minimum absolute atomic E-state index is 0.311. The maximum atomic E-state index is 11.6. The van der Waals surface area contributed by atoms with Crippen molar-refractivity contribution in [2.45, 2.75) is 77.6 Å². The lowest BCUT2D eigenvalue weighted by molar-refractivity contribution is -0.133. The largest absolute Gasteiger partial charge is 0.486 e. The SMILES string of the molecule is [C-]#[N+]/C(=C\c1ccc(/C(=C/c2ccc(N(c3ccc(/C=C(\c4ccccc4)c4ccc(/C=C(\C#N)C(=O)O)s4)cc3)c3ccc(CCCCCCCCCCCC)cc3)cc2)c2ccccc2)s1)C(=O)O. The van der Waals surface area contributed by atoms with Crippen molar-refractivity contribution in [3.63, 3.8) is 0 Å². The van der Waals surface area contributed by atoms with Gasteiger partial charge in [0.05, 0.1) is 6.57 Å². The van der Waals surface area contributed by atoms with Gasteiger partial charge in [0.2, 0.25) is 0 Å². The third-order valence-electron chi connectivity index (χ3n) is 12.1. The molecule has 7 rings (SSSR count). The van der Waals surface area contributed by atoms with Crippen LogP contribution in [0.1, 0.15) is 118 Å². The molecule has 0 atom stereocenters. The molecule has 2 aromatic heterocycles. The summed E-state index contributed by atoms with van der Waals surface area (Å²) < 4.78 is 0. The monoisotopic (exact) mass is 971 g/mol. The minimum atomic E-state index is -1.25. The van der Waals surface area contributed by atoms with Crippen LogP contribution in [0.2, 0.25) is 0 Å². The van der Waals surface area contributed by atoms with Crippen molar-refractivity contribution in [1.82, 2.24) is 0 Å². The van der Waals surface area contributed by atoms with Crippen molar-refractivity contribution in [2.24, 2.45) is 0 Å². The molecule has 0 spiro atoms. The van der Waals surface area contributed by atoms with Crippen LogP contribution < -0.4 is 4.90 Å². The lowest BCUT2D eigenvalue weighted by Crippen LogP contribution is -2.10. The molecule has 356 valence electrons. The fourth-order valence-corrected chi connectivity index (χ4v) is 10.4. The molecule has 2 N–H and O–H groups in total. The quantitative estimate of drug-likeness (QED) is 0.0205. The number of unbranched alkanes of at least 4 members (excludes halogenated alkanes) is 9. The second kappa shape index (κ2) is 26.2. The molecule has 0 saturated heterocycles. The third-order valence-corrected chi connectivity index (χ3v) is 14.3. The summed E-state index contributed by atoms with van der Waals surface area (Å²) in [5, 5.41) is 28.3. The topological polar surface area (TPSA) is 106 Å². The van der Waals surface area contributed by atoms with Gasteiger partial charge in [-0.25, -0.2) is 9.64 Å². The summed E-state index contributed by atoms with van der Waals surface area (Å²) >= 11 is 2.88. The van der Waals surface area contributed by atoms with Crippen molar-refractivity contribution < 1.29 is 19.8 Å². The predicted molar refractivity (Wildman–Crippen MR) is 296 cm³/mol. The zero-order valence-electron chi connectivity index (χ0n) is 40.0. The molecule has 0 saturated carbocycles. The molecule has 71 heavy (non-hydrogen) atoms. The molecule has 0 bridgehead atoms. The number of hydrogen-bond donors (Lipinski definition) is 2. The molecule has 0 aliphatic rings. The van der Waals surface area contributed by atoms with Crippen molar-refractivity contribution in [3.8, 4) is 6.07 Å². The fourth-order valence-electron chi connectivity index (χ4n) is 8.39. The Hall–Kier alpha value is -7.82. The molecule has 9 heteroatoms. The van der Waals surface area contributed by atoms with Crippen LogP contribution in [0.5, 0.6) is 0 Å². The molecule has 0 radical (unpaired) electrons. The molecule has 7 aromatic rings. The first-order valence-electron chi connectivity index (χ1n) is 24.2. The van der Waals surface area contributed by atoms with E-state index in [1.165, 1.54) is 105 Å². The zero-order valence-corrected chi connectivity index (χ0v) is 41.6. The Bertz CT molecular complexity index is 2900. The average molecular weight is 972 g/mol. The fraction of sp³-hybridized carbons (Fsp3) is 0.194. The van der Waals surface area contributed by atoms with Gasteiger partial charge in [0.15, 0.2) is 0 Å². The van der Waals surface area contributed by atoms with E-state index >= 15 is 0 Å². The van der Waals surface area contributed by atoms with Gasteiger partial charge in [-0.05, 0) is 137 Å². The predicted octanol–water partition coefficient (Wildman–Crippen LogP) is 17.3. The number of nitrogens with zero attached hydrogens (tertiary/aromatic N) is 3.